The lowest BCUT2D eigenvalue weighted by Crippen LogP contribution is -2.61. The van der Waals surface area contributed by atoms with Crippen molar-refractivity contribution in [2.75, 3.05) is 0 Å². The van der Waals surface area contributed by atoms with E-state index in [0.717, 1.165) is 11.1 Å². The van der Waals surface area contributed by atoms with Crippen molar-refractivity contribution in [3.63, 3.8) is 0 Å². The summed E-state index contributed by atoms with van der Waals surface area (Å²) in [5.41, 5.74) is 1.61. The van der Waals surface area contributed by atoms with E-state index < -0.39 is 5.54 Å². The molecule has 20 heavy (non-hydrogen) atoms. The molecular formula is C15H16N2O3. The normalized spacial score (nSPS) is 25.7. The minimum Gasteiger partial charge on any atom is -0.320 e. The highest BCUT2D eigenvalue weighted by Gasteiger charge is 2.48. The summed E-state index contributed by atoms with van der Waals surface area (Å²) in [6, 6.07) is 5.72. The van der Waals surface area contributed by atoms with Gasteiger partial charge in [0.1, 0.15) is 5.54 Å². The molecule has 5 heteroatoms. The van der Waals surface area contributed by atoms with E-state index in [1.54, 1.807) is 11.8 Å². The molecule has 3 amide bonds. The summed E-state index contributed by atoms with van der Waals surface area (Å²) in [6.07, 6.45) is 0.637. The van der Waals surface area contributed by atoms with Crippen LogP contribution in [0.1, 0.15) is 41.3 Å². The van der Waals surface area contributed by atoms with Crippen molar-refractivity contribution >= 4 is 17.7 Å². The summed E-state index contributed by atoms with van der Waals surface area (Å²) in [5.74, 6) is -0.773. The summed E-state index contributed by atoms with van der Waals surface area (Å²) in [7, 11) is 0. The van der Waals surface area contributed by atoms with Crippen LogP contribution in [0.25, 0.3) is 0 Å². The lowest BCUT2D eigenvalue weighted by Gasteiger charge is -2.39. The van der Waals surface area contributed by atoms with Crippen LogP contribution in [0.4, 0.5) is 0 Å². The molecule has 0 radical (unpaired) electrons. The first-order valence-electron chi connectivity index (χ1n) is 6.68. The van der Waals surface area contributed by atoms with Gasteiger partial charge < -0.3 is 4.90 Å². The molecule has 0 aromatic heterocycles. The number of nitrogens with zero attached hydrogens (tertiary/aromatic N) is 1. The molecule has 2 aliphatic heterocycles. The van der Waals surface area contributed by atoms with Crippen LogP contribution in [0.5, 0.6) is 0 Å². The first-order valence-corrected chi connectivity index (χ1v) is 6.68. The predicted molar refractivity (Wildman–Crippen MR) is 71.8 cm³/mol. The van der Waals surface area contributed by atoms with Crippen LogP contribution in [0.2, 0.25) is 0 Å². The molecule has 3 rings (SSSR count). The highest BCUT2D eigenvalue weighted by molar-refractivity contribution is 6.07. The minimum atomic E-state index is -0.948. The van der Waals surface area contributed by atoms with Gasteiger partial charge in [0.05, 0.1) is 0 Å². The number of hydrogen-bond donors (Lipinski definition) is 1. The zero-order valence-corrected chi connectivity index (χ0v) is 11.5. The molecule has 1 N–H and O–H groups in total. The van der Waals surface area contributed by atoms with Crippen LogP contribution in [0.15, 0.2) is 18.2 Å². The Morgan fingerprint density at radius 3 is 2.65 bits per heavy atom. The average molecular weight is 272 g/mol. The maximum Gasteiger partial charge on any atom is 0.255 e. The van der Waals surface area contributed by atoms with E-state index in [1.165, 1.54) is 0 Å². The first-order chi connectivity index (χ1) is 9.43. The van der Waals surface area contributed by atoms with Crippen molar-refractivity contribution in [2.45, 2.75) is 38.8 Å². The Bertz CT molecular complexity index is 638. The molecule has 0 saturated carbocycles. The topological polar surface area (TPSA) is 66.5 Å². The Labute approximate surface area is 116 Å². The van der Waals surface area contributed by atoms with Crippen LogP contribution in [-0.2, 0) is 16.1 Å². The molecule has 1 atom stereocenters. The average Bonchev–Trinajstić information content (AvgIpc) is 2.74. The van der Waals surface area contributed by atoms with Crippen molar-refractivity contribution in [3.8, 4) is 0 Å². The quantitative estimate of drug-likeness (QED) is 0.780. The van der Waals surface area contributed by atoms with Gasteiger partial charge in [0, 0.05) is 18.5 Å². The number of nitrogens with one attached hydrogen (secondary N) is 1. The van der Waals surface area contributed by atoms with E-state index in [0.29, 0.717) is 18.5 Å². The second kappa shape index (κ2) is 4.16. The van der Waals surface area contributed by atoms with Crippen LogP contribution < -0.4 is 5.32 Å². The lowest BCUT2D eigenvalue weighted by atomic mass is 9.89. The van der Waals surface area contributed by atoms with E-state index in [9.17, 15) is 14.4 Å². The lowest BCUT2D eigenvalue weighted by molar-refractivity contribution is -0.142. The molecule has 0 bridgehead atoms. The van der Waals surface area contributed by atoms with E-state index in [2.05, 4.69) is 5.32 Å². The molecule has 0 aliphatic carbocycles. The number of rotatable bonds is 1. The third-order valence-corrected chi connectivity index (χ3v) is 4.32. The third kappa shape index (κ3) is 1.66. The van der Waals surface area contributed by atoms with Gasteiger partial charge in [0.2, 0.25) is 5.91 Å². The number of aryl methyl sites for hydroxylation is 1. The number of carbonyl (C=O) groups is 3. The Balaban J connectivity index is 1.98. The Morgan fingerprint density at radius 2 is 2.00 bits per heavy atom. The van der Waals surface area contributed by atoms with Crippen LogP contribution >= 0.6 is 0 Å². The molecule has 1 unspecified atom stereocenters. The first kappa shape index (κ1) is 12.8. The molecule has 104 valence electrons. The van der Waals surface area contributed by atoms with Gasteiger partial charge in [-0.15, -0.1) is 0 Å². The van der Waals surface area contributed by atoms with Crippen molar-refractivity contribution in [2.24, 2.45) is 0 Å². The highest BCUT2D eigenvalue weighted by Crippen LogP contribution is 2.35. The highest BCUT2D eigenvalue weighted by atomic mass is 16.2. The fourth-order valence-electron chi connectivity index (χ4n) is 2.99. The Kier molecular flexibility index (Phi) is 2.67. The van der Waals surface area contributed by atoms with Gasteiger partial charge in [-0.25, -0.2) is 0 Å². The number of carbonyl (C=O) groups excluding carboxylic acids is 3. The molecule has 1 aromatic carbocycles. The zero-order valence-electron chi connectivity index (χ0n) is 11.5. The van der Waals surface area contributed by atoms with Crippen LogP contribution in [0.3, 0.4) is 0 Å². The van der Waals surface area contributed by atoms with Crippen LogP contribution in [0, 0.1) is 6.92 Å². The molecule has 5 nitrogen and oxygen atoms in total. The predicted octanol–water partition coefficient (Wildman–Crippen LogP) is 1.15. The molecule has 2 aliphatic rings. The maximum atomic E-state index is 12.6. The SMILES string of the molecule is Cc1cccc2c1C(=O)N(C1(C)CCC(=O)NC1=O)C2. The molecular weight excluding hydrogens is 256 g/mol. The number of amides is 3. The summed E-state index contributed by atoms with van der Waals surface area (Å²) < 4.78 is 0. The van der Waals surface area contributed by atoms with Crippen LogP contribution in [-0.4, -0.2) is 28.2 Å². The molecule has 1 saturated heterocycles. The number of benzene rings is 1. The van der Waals surface area contributed by atoms with Gasteiger partial charge in [-0.3, -0.25) is 19.7 Å². The number of fused-ring (bicyclic) bond motifs is 1. The van der Waals surface area contributed by atoms with Gasteiger partial charge in [0.15, 0.2) is 0 Å². The fraction of sp³-hybridized carbons (Fsp3) is 0.400. The van der Waals surface area contributed by atoms with E-state index in [-0.39, 0.29) is 24.1 Å². The maximum absolute atomic E-state index is 12.6. The Morgan fingerprint density at radius 1 is 1.25 bits per heavy atom. The largest absolute Gasteiger partial charge is 0.320 e. The Hall–Kier alpha value is -2.17. The van der Waals surface area contributed by atoms with Crippen molar-refractivity contribution in [3.05, 3.63) is 34.9 Å². The molecule has 1 fully saturated rings. The van der Waals surface area contributed by atoms with Gasteiger partial charge in [-0.2, -0.15) is 0 Å². The van der Waals surface area contributed by atoms with Crippen molar-refractivity contribution in [1.29, 1.82) is 0 Å². The zero-order chi connectivity index (χ0) is 14.5. The monoisotopic (exact) mass is 272 g/mol. The number of piperidine rings is 1. The smallest absolute Gasteiger partial charge is 0.255 e. The molecule has 0 spiro atoms. The van der Waals surface area contributed by atoms with E-state index in [4.69, 9.17) is 0 Å². The van der Waals surface area contributed by atoms with Crippen molar-refractivity contribution in [1.82, 2.24) is 10.2 Å². The fourth-order valence-corrected chi connectivity index (χ4v) is 2.99. The standard InChI is InChI=1S/C15H16N2O3/c1-9-4-3-5-10-8-17(13(19)12(9)10)15(2)7-6-11(18)16-14(15)20/h3-5H,6-8H2,1-2H3,(H,16,18,20). The van der Waals surface area contributed by atoms with Gasteiger partial charge in [-0.1, -0.05) is 18.2 Å². The van der Waals surface area contributed by atoms with Crippen molar-refractivity contribution < 1.29 is 14.4 Å². The van der Waals surface area contributed by atoms with Gasteiger partial charge in [0.25, 0.3) is 11.8 Å². The third-order valence-electron chi connectivity index (χ3n) is 4.32. The van der Waals surface area contributed by atoms with E-state index in [1.807, 2.05) is 25.1 Å². The number of imide groups is 1. The molecule has 1 aromatic rings. The second-order valence-corrected chi connectivity index (χ2v) is 5.65. The molecule has 2 heterocycles. The minimum absolute atomic E-state index is 0.120. The van der Waals surface area contributed by atoms with Gasteiger partial charge in [-0.05, 0) is 31.4 Å². The summed E-state index contributed by atoms with van der Waals surface area (Å²) in [6.45, 7) is 4.05. The summed E-state index contributed by atoms with van der Waals surface area (Å²) in [5, 5.41) is 2.34. The second-order valence-electron chi connectivity index (χ2n) is 5.65. The summed E-state index contributed by atoms with van der Waals surface area (Å²) in [4.78, 5) is 37.7. The van der Waals surface area contributed by atoms with E-state index >= 15 is 0 Å². The van der Waals surface area contributed by atoms with Gasteiger partial charge >= 0.3 is 0 Å². The summed E-state index contributed by atoms with van der Waals surface area (Å²) >= 11 is 0. The number of hydrogen-bond acceptors (Lipinski definition) is 3.